The second kappa shape index (κ2) is 4.73. The highest BCUT2D eigenvalue weighted by Crippen LogP contribution is 2.26. The van der Waals surface area contributed by atoms with Crippen molar-refractivity contribution in [2.45, 2.75) is 46.5 Å². The van der Waals surface area contributed by atoms with E-state index in [9.17, 15) is 0 Å². The van der Waals surface area contributed by atoms with Crippen molar-refractivity contribution in [3.05, 3.63) is 35.0 Å². The van der Waals surface area contributed by atoms with Gasteiger partial charge < -0.3 is 4.98 Å². The predicted molar refractivity (Wildman–Crippen MR) is 71.0 cm³/mol. The number of aromatic amines is 1. The van der Waals surface area contributed by atoms with Crippen LogP contribution in [-0.4, -0.2) is 4.98 Å². The van der Waals surface area contributed by atoms with E-state index in [1.807, 2.05) is 0 Å². The summed E-state index contributed by atoms with van der Waals surface area (Å²) >= 11 is 0. The van der Waals surface area contributed by atoms with Gasteiger partial charge in [-0.25, -0.2) is 0 Å². The lowest BCUT2D eigenvalue weighted by molar-refractivity contribution is 0.719. The van der Waals surface area contributed by atoms with Gasteiger partial charge in [0, 0.05) is 16.6 Å². The van der Waals surface area contributed by atoms with E-state index in [0.29, 0.717) is 0 Å². The molecule has 16 heavy (non-hydrogen) atoms. The van der Waals surface area contributed by atoms with Gasteiger partial charge in [-0.2, -0.15) is 0 Å². The quantitative estimate of drug-likeness (QED) is 0.722. The summed E-state index contributed by atoms with van der Waals surface area (Å²) < 4.78 is 0. The second-order valence-electron chi connectivity index (χ2n) is 4.67. The predicted octanol–water partition coefficient (Wildman–Crippen LogP) is 4.52. The average Bonchev–Trinajstić information content (AvgIpc) is 2.56. The fourth-order valence-corrected chi connectivity index (χ4v) is 2.40. The zero-order chi connectivity index (χ0) is 11.5. The summed E-state index contributed by atoms with van der Waals surface area (Å²) in [7, 11) is 0. The van der Waals surface area contributed by atoms with E-state index in [4.69, 9.17) is 0 Å². The monoisotopic (exact) mass is 215 g/mol. The number of unbranched alkanes of at least 4 members (excludes halogenated alkanes) is 2. The Morgan fingerprint density at radius 1 is 1.12 bits per heavy atom. The highest BCUT2D eigenvalue weighted by Gasteiger charge is 2.07. The third-order valence-electron chi connectivity index (χ3n) is 3.46. The number of hydrogen-bond acceptors (Lipinski definition) is 0. The second-order valence-corrected chi connectivity index (χ2v) is 4.67. The molecule has 0 bridgehead atoms. The van der Waals surface area contributed by atoms with Crippen LogP contribution >= 0.6 is 0 Å². The number of fused-ring (bicyclic) bond motifs is 1. The molecule has 0 saturated carbocycles. The van der Waals surface area contributed by atoms with Crippen LogP contribution in [0.3, 0.4) is 0 Å². The van der Waals surface area contributed by atoms with Crippen molar-refractivity contribution in [1.29, 1.82) is 0 Å². The Hall–Kier alpha value is -1.24. The first-order valence-corrected chi connectivity index (χ1v) is 6.30. The van der Waals surface area contributed by atoms with Crippen LogP contribution in [0.1, 0.15) is 43.0 Å². The summed E-state index contributed by atoms with van der Waals surface area (Å²) in [5.74, 6) is 0. The van der Waals surface area contributed by atoms with E-state index in [-0.39, 0.29) is 0 Å². The fraction of sp³-hybridized carbons (Fsp3) is 0.467. The number of aromatic nitrogens is 1. The molecule has 1 aromatic carbocycles. The lowest BCUT2D eigenvalue weighted by Crippen LogP contribution is -1.87. The number of hydrogen-bond donors (Lipinski definition) is 1. The molecule has 0 radical (unpaired) electrons. The van der Waals surface area contributed by atoms with E-state index in [1.165, 1.54) is 53.4 Å². The van der Waals surface area contributed by atoms with E-state index in [1.54, 1.807) is 0 Å². The molecule has 1 aromatic heterocycles. The molecule has 0 aliphatic carbocycles. The maximum atomic E-state index is 3.46. The summed E-state index contributed by atoms with van der Waals surface area (Å²) in [4.78, 5) is 3.46. The molecule has 86 valence electrons. The van der Waals surface area contributed by atoms with E-state index in [0.717, 1.165) is 0 Å². The first-order chi connectivity index (χ1) is 7.74. The molecule has 0 atom stereocenters. The first-order valence-electron chi connectivity index (χ1n) is 6.30. The first kappa shape index (κ1) is 11.3. The molecule has 2 rings (SSSR count). The van der Waals surface area contributed by atoms with Gasteiger partial charge in [-0.1, -0.05) is 31.9 Å². The Morgan fingerprint density at radius 2 is 1.94 bits per heavy atom. The van der Waals surface area contributed by atoms with Gasteiger partial charge in [0.1, 0.15) is 0 Å². The molecule has 0 fully saturated rings. The van der Waals surface area contributed by atoms with Crippen molar-refractivity contribution in [3.63, 3.8) is 0 Å². The average molecular weight is 215 g/mol. The van der Waals surface area contributed by atoms with Crippen LogP contribution in [0.5, 0.6) is 0 Å². The minimum atomic E-state index is 1.21. The number of nitrogens with one attached hydrogen (secondary N) is 1. The lowest BCUT2D eigenvalue weighted by Gasteiger charge is -2.04. The SMILES string of the molecule is CCCCCc1cccc2[nH]c(C)c(C)c12. The molecule has 1 N–H and O–H groups in total. The topological polar surface area (TPSA) is 15.8 Å². The summed E-state index contributed by atoms with van der Waals surface area (Å²) in [5, 5.41) is 1.45. The van der Waals surface area contributed by atoms with Crippen molar-refractivity contribution >= 4 is 10.9 Å². The van der Waals surface area contributed by atoms with Gasteiger partial charge in [-0.05, 0) is 43.9 Å². The summed E-state index contributed by atoms with van der Waals surface area (Å²) in [6.45, 7) is 6.63. The third kappa shape index (κ3) is 1.99. The van der Waals surface area contributed by atoms with Crippen LogP contribution in [-0.2, 0) is 6.42 Å². The van der Waals surface area contributed by atoms with Crippen LogP contribution in [0, 0.1) is 13.8 Å². The molecule has 0 amide bonds. The molecule has 2 aromatic rings. The molecular weight excluding hydrogens is 194 g/mol. The summed E-state index contributed by atoms with van der Waals surface area (Å²) in [5.41, 5.74) is 5.52. The molecule has 0 saturated heterocycles. The van der Waals surface area contributed by atoms with Crippen molar-refractivity contribution < 1.29 is 0 Å². The smallest absolute Gasteiger partial charge is 0.0461 e. The number of aryl methyl sites for hydroxylation is 3. The maximum absolute atomic E-state index is 3.46. The van der Waals surface area contributed by atoms with Gasteiger partial charge in [0.15, 0.2) is 0 Å². The van der Waals surface area contributed by atoms with Gasteiger partial charge >= 0.3 is 0 Å². The molecule has 0 aliphatic heterocycles. The van der Waals surface area contributed by atoms with Gasteiger partial charge in [0.25, 0.3) is 0 Å². The molecule has 0 spiro atoms. The Balaban J connectivity index is 2.36. The molecule has 0 aliphatic rings. The van der Waals surface area contributed by atoms with Crippen LogP contribution in [0.15, 0.2) is 18.2 Å². The summed E-state index contributed by atoms with van der Waals surface area (Å²) in [6.07, 6.45) is 5.14. The molecule has 1 heteroatoms. The highest BCUT2D eigenvalue weighted by atomic mass is 14.7. The zero-order valence-corrected chi connectivity index (χ0v) is 10.6. The van der Waals surface area contributed by atoms with Crippen LogP contribution < -0.4 is 0 Å². The Labute approximate surface area is 97.9 Å². The van der Waals surface area contributed by atoms with Crippen LogP contribution in [0.2, 0.25) is 0 Å². The van der Waals surface area contributed by atoms with E-state index in [2.05, 4.69) is 44.0 Å². The Kier molecular flexibility index (Phi) is 3.33. The molecule has 1 heterocycles. The standard InChI is InChI=1S/C15H21N/c1-4-5-6-8-13-9-7-10-14-15(13)11(2)12(3)16-14/h7,9-10,16H,4-6,8H2,1-3H3. The van der Waals surface area contributed by atoms with Crippen molar-refractivity contribution in [1.82, 2.24) is 4.98 Å². The van der Waals surface area contributed by atoms with Crippen LogP contribution in [0.4, 0.5) is 0 Å². The number of H-pyrrole nitrogens is 1. The van der Waals surface area contributed by atoms with Crippen molar-refractivity contribution in [3.8, 4) is 0 Å². The number of benzene rings is 1. The Morgan fingerprint density at radius 3 is 2.69 bits per heavy atom. The van der Waals surface area contributed by atoms with Crippen molar-refractivity contribution in [2.24, 2.45) is 0 Å². The van der Waals surface area contributed by atoms with Gasteiger partial charge in [-0.3, -0.25) is 0 Å². The molecule has 0 unspecified atom stereocenters. The highest BCUT2D eigenvalue weighted by molar-refractivity contribution is 5.87. The molecule has 1 nitrogen and oxygen atoms in total. The zero-order valence-electron chi connectivity index (χ0n) is 10.6. The third-order valence-corrected chi connectivity index (χ3v) is 3.46. The van der Waals surface area contributed by atoms with Gasteiger partial charge in [0.2, 0.25) is 0 Å². The van der Waals surface area contributed by atoms with Gasteiger partial charge in [0.05, 0.1) is 0 Å². The lowest BCUT2D eigenvalue weighted by atomic mass is 10.0. The van der Waals surface area contributed by atoms with E-state index >= 15 is 0 Å². The largest absolute Gasteiger partial charge is 0.358 e. The minimum Gasteiger partial charge on any atom is -0.358 e. The fourth-order valence-electron chi connectivity index (χ4n) is 2.40. The Bertz CT molecular complexity index is 479. The van der Waals surface area contributed by atoms with Crippen LogP contribution in [0.25, 0.3) is 10.9 Å². The van der Waals surface area contributed by atoms with Gasteiger partial charge in [-0.15, -0.1) is 0 Å². The molecular formula is C15H21N. The van der Waals surface area contributed by atoms with Crippen molar-refractivity contribution in [2.75, 3.05) is 0 Å². The van der Waals surface area contributed by atoms with E-state index < -0.39 is 0 Å². The minimum absolute atomic E-state index is 1.21. The summed E-state index contributed by atoms with van der Waals surface area (Å²) in [6, 6.07) is 6.62. The maximum Gasteiger partial charge on any atom is 0.0461 e. The number of rotatable bonds is 4. The normalized spacial score (nSPS) is 11.2.